The predicted molar refractivity (Wildman–Crippen MR) is 69.9 cm³/mol. The molecule has 0 fully saturated rings. The van der Waals surface area contributed by atoms with E-state index in [9.17, 15) is 4.79 Å². The Labute approximate surface area is 108 Å². The van der Waals surface area contributed by atoms with Gasteiger partial charge in [-0.15, -0.1) is 0 Å². The second kappa shape index (κ2) is 4.77. The molecule has 0 bridgehead atoms. The van der Waals surface area contributed by atoms with Gasteiger partial charge in [0.05, 0.1) is 29.8 Å². The first-order valence-electron chi connectivity index (χ1n) is 5.63. The molecule has 3 rings (SSSR count). The van der Waals surface area contributed by atoms with Crippen LogP contribution in [-0.2, 0) is 0 Å². The van der Waals surface area contributed by atoms with Crippen LogP contribution in [-0.4, -0.2) is 22.1 Å². The van der Waals surface area contributed by atoms with E-state index in [0.29, 0.717) is 11.3 Å². The highest BCUT2D eigenvalue weighted by atomic mass is 16.3. The number of carbonyl (C=O) groups is 1. The van der Waals surface area contributed by atoms with Crippen molar-refractivity contribution in [2.24, 2.45) is 5.10 Å². The van der Waals surface area contributed by atoms with Crippen LogP contribution in [0.5, 0.6) is 0 Å². The number of fused-ring (bicyclic) bond motifs is 1. The van der Waals surface area contributed by atoms with Gasteiger partial charge < -0.3 is 9.40 Å². The summed E-state index contributed by atoms with van der Waals surface area (Å²) in [4.78, 5) is 18.9. The Balaban J connectivity index is 1.72. The number of carbonyl (C=O) groups excluding carboxylic acids is 1. The lowest BCUT2D eigenvalue weighted by Crippen LogP contribution is -2.17. The smallest absolute Gasteiger partial charge is 0.271 e. The molecule has 1 amide bonds. The lowest BCUT2D eigenvalue weighted by molar-refractivity contribution is 0.0955. The monoisotopic (exact) mass is 254 g/mol. The average Bonchev–Trinajstić information content (AvgIpc) is 3.08. The van der Waals surface area contributed by atoms with E-state index >= 15 is 0 Å². The van der Waals surface area contributed by atoms with Crippen molar-refractivity contribution in [2.75, 3.05) is 0 Å². The number of imidazole rings is 1. The van der Waals surface area contributed by atoms with Gasteiger partial charge in [0, 0.05) is 5.56 Å². The Morgan fingerprint density at radius 3 is 3.21 bits per heavy atom. The number of rotatable bonds is 3. The minimum Gasteiger partial charge on any atom is -0.463 e. The molecule has 6 heteroatoms. The Morgan fingerprint density at radius 2 is 2.37 bits per heavy atom. The Hall–Kier alpha value is -2.89. The summed E-state index contributed by atoms with van der Waals surface area (Å²) in [5, 5.41) is 3.81. The van der Waals surface area contributed by atoms with Gasteiger partial charge in [-0.05, 0) is 30.3 Å². The zero-order valence-corrected chi connectivity index (χ0v) is 9.83. The SMILES string of the molecule is O=C(N/N=C/c1ccco1)c1ccc2nc[nH]c2c1. The molecule has 0 saturated heterocycles. The van der Waals surface area contributed by atoms with E-state index in [4.69, 9.17) is 4.42 Å². The van der Waals surface area contributed by atoms with Crippen LogP contribution >= 0.6 is 0 Å². The molecule has 0 aliphatic rings. The summed E-state index contributed by atoms with van der Waals surface area (Å²) in [6.07, 6.45) is 4.56. The molecular formula is C13H10N4O2. The number of nitrogens with one attached hydrogen (secondary N) is 2. The van der Waals surface area contributed by atoms with E-state index in [1.54, 1.807) is 36.7 Å². The Morgan fingerprint density at radius 1 is 1.42 bits per heavy atom. The molecule has 0 spiro atoms. The number of H-pyrrole nitrogens is 1. The molecule has 2 N–H and O–H groups in total. The van der Waals surface area contributed by atoms with Gasteiger partial charge >= 0.3 is 0 Å². The maximum absolute atomic E-state index is 11.8. The first-order chi connectivity index (χ1) is 9.33. The van der Waals surface area contributed by atoms with Crippen molar-refractivity contribution in [1.82, 2.24) is 15.4 Å². The largest absolute Gasteiger partial charge is 0.463 e. The molecule has 19 heavy (non-hydrogen) atoms. The van der Waals surface area contributed by atoms with Crippen LogP contribution in [0.25, 0.3) is 11.0 Å². The summed E-state index contributed by atoms with van der Waals surface area (Å²) in [6, 6.07) is 8.68. The van der Waals surface area contributed by atoms with Crippen molar-refractivity contribution in [3.63, 3.8) is 0 Å². The van der Waals surface area contributed by atoms with Crippen LogP contribution in [0.2, 0.25) is 0 Å². The third-order valence-corrected chi connectivity index (χ3v) is 2.58. The van der Waals surface area contributed by atoms with Gasteiger partial charge in [-0.3, -0.25) is 4.79 Å². The Kier molecular flexibility index (Phi) is 2.82. The first kappa shape index (κ1) is 11.2. The fourth-order valence-electron chi connectivity index (χ4n) is 1.66. The molecule has 2 heterocycles. The predicted octanol–water partition coefficient (Wildman–Crippen LogP) is 1.92. The van der Waals surface area contributed by atoms with Crippen LogP contribution in [0.3, 0.4) is 0 Å². The van der Waals surface area contributed by atoms with Crippen molar-refractivity contribution >= 4 is 23.2 Å². The van der Waals surface area contributed by atoms with Crippen molar-refractivity contribution in [2.45, 2.75) is 0 Å². The molecule has 1 aromatic carbocycles. The highest BCUT2D eigenvalue weighted by molar-refractivity contribution is 5.97. The number of aromatic nitrogens is 2. The third-order valence-electron chi connectivity index (χ3n) is 2.58. The van der Waals surface area contributed by atoms with E-state index in [0.717, 1.165) is 11.0 Å². The summed E-state index contributed by atoms with van der Waals surface area (Å²) in [6.45, 7) is 0. The van der Waals surface area contributed by atoms with E-state index < -0.39 is 0 Å². The number of furan rings is 1. The van der Waals surface area contributed by atoms with Crippen LogP contribution in [0.1, 0.15) is 16.1 Å². The van der Waals surface area contributed by atoms with E-state index in [2.05, 4.69) is 20.5 Å². The molecule has 0 aliphatic heterocycles. The minimum atomic E-state index is -0.292. The summed E-state index contributed by atoms with van der Waals surface area (Å²) in [7, 11) is 0. The number of amides is 1. The fourth-order valence-corrected chi connectivity index (χ4v) is 1.66. The summed E-state index contributed by atoms with van der Waals surface area (Å²) in [5.74, 6) is 0.281. The molecule has 6 nitrogen and oxygen atoms in total. The molecule has 94 valence electrons. The number of hydrogen-bond acceptors (Lipinski definition) is 4. The highest BCUT2D eigenvalue weighted by Crippen LogP contribution is 2.11. The number of hydrogen-bond donors (Lipinski definition) is 2. The number of aromatic amines is 1. The van der Waals surface area contributed by atoms with Crippen molar-refractivity contribution in [1.29, 1.82) is 0 Å². The van der Waals surface area contributed by atoms with Gasteiger partial charge in [0.25, 0.3) is 5.91 Å². The second-order valence-corrected chi connectivity index (χ2v) is 3.85. The fraction of sp³-hybridized carbons (Fsp3) is 0. The number of nitrogens with zero attached hydrogens (tertiary/aromatic N) is 2. The molecule has 0 atom stereocenters. The Bertz CT molecular complexity index is 728. The van der Waals surface area contributed by atoms with E-state index in [1.165, 1.54) is 12.5 Å². The van der Waals surface area contributed by atoms with Gasteiger partial charge in [0.2, 0.25) is 0 Å². The lowest BCUT2D eigenvalue weighted by atomic mass is 10.2. The first-order valence-corrected chi connectivity index (χ1v) is 5.63. The quantitative estimate of drug-likeness (QED) is 0.553. The molecule has 2 aromatic heterocycles. The van der Waals surface area contributed by atoms with Crippen LogP contribution in [0.4, 0.5) is 0 Å². The topological polar surface area (TPSA) is 83.3 Å². The standard InChI is InChI=1S/C13H10N4O2/c18-13(17-16-7-10-2-1-5-19-10)9-3-4-11-12(6-9)15-8-14-11/h1-8H,(H,14,15)(H,17,18)/b16-7+. The van der Waals surface area contributed by atoms with Crippen LogP contribution in [0.15, 0.2) is 52.4 Å². The van der Waals surface area contributed by atoms with Gasteiger partial charge in [-0.25, -0.2) is 10.4 Å². The molecule has 0 unspecified atom stereocenters. The van der Waals surface area contributed by atoms with E-state index in [1.807, 2.05) is 0 Å². The zero-order chi connectivity index (χ0) is 13.1. The van der Waals surface area contributed by atoms with Gasteiger partial charge in [0.15, 0.2) is 0 Å². The molecular weight excluding hydrogens is 244 g/mol. The number of benzene rings is 1. The van der Waals surface area contributed by atoms with Crippen LogP contribution in [0, 0.1) is 0 Å². The number of hydrazone groups is 1. The second-order valence-electron chi connectivity index (χ2n) is 3.85. The molecule has 0 aliphatic carbocycles. The maximum atomic E-state index is 11.8. The van der Waals surface area contributed by atoms with Crippen molar-refractivity contribution < 1.29 is 9.21 Å². The highest BCUT2D eigenvalue weighted by Gasteiger charge is 2.06. The van der Waals surface area contributed by atoms with Crippen molar-refractivity contribution in [3.8, 4) is 0 Å². The van der Waals surface area contributed by atoms with Crippen molar-refractivity contribution in [3.05, 3.63) is 54.2 Å². The van der Waals surface area contributed by atoms with Gasteiger partial charge in [-0.1, -0.05) is 0 Å². The zero-order valence-electron chi connectivity index (χ0n) is 9.83. The van der Waals surface area contributed by atoms with Crippen LogP contribution < -0.4 is 5.43 Å². The molecule has 0 saturated carbocycles. The molecule has 0 radical (unpaired) electrons. The van der Waals surface area contributed by atoms with E-state index in [-0.39, 0.29) is 5.91 Å². The minimum absolute atomic E-state index is 0.292. The summed E-state index contributed by atoms with van der Waals surface area (Å²) in [5.41, 5.74) is 4.56. The summed E-state index contributed by atoms with van der Waals surface area (Å²) >= 11 is 0. The lowest BCUT2D eigenvalue weighted by Gasteiger charge is -1.99. The summed E-state index contributed by atoms with van der Waals surface area (Å²) < 4.78 is 5.05. The molecule has 3 aromatic rings. The normalized spacial score (nSPS) is 11.2. The maximum Gasteiger partial charge on any atom is 0.271 e. The van der Waals surface area contributed by atoms with Gasteiger partial charge in [0.1, 0.15) is 5.76 Å². The third kappa shape index (κ3) is 2.37. The van der Waals surface area contributed by atoms with Gasteiger partial charge in [-0.2, -0.15) is 5.10 Å². The average molecular weight is 254 g/mol.